The number of ether oxygens (including phenoxy) is 1. The number of hydrogen-bond acceptors (Lipinski definition) is 3. The van der Waals surface area contributed by atoms with Crippen molar-refractivity contribution in [2.75, 3.05) is 6.61 Å². The Labute approximate surface area is 138 Å². The standard InChI is InChI=1S/C16H18BrClN2O/c1-2-9-21-15-6-4-3-5-12(15)16(20-19)13-10-11(17)7-8-14(13)18/h3-8,10,16,20H,2,9,19H2,1H3. The van der Waals surface area contributed by atoms with Crippen LogP contribution in [0, 0.1) is 0 Å². The molecule has 0 heterocycles. The number of hydrogen-bond donors (Lipinski definition) is 2. The predicted octanol–water partition coefficient (Wildman–Crippen LogP) is 4.44. The number of para-hydroxylation sites is 1. The fourth-order valence-corrected chi connectivity index (χ4v) is 2.75. The van der Waals surface area contributed by atoms with Crippen LogP contribution in [0.4, 0.5) is 0 Å². The zero-order chi connectivity index (χ0) is 15.2. The molecule has 0 saturated carbocycles. The number of hydrazine groups is 1. The summed E-state index contributed by atoms with van der Waals surface area (Å²) in [5.41, 5.74) is 4.70. The number of nitrogens with two attached hydrogens (primary N) is 1. The van der Waals surface area contributed by atoms with Crippen molar-refractivity contribution >= 4 is 27.5 Å². The first kappa shape index (κ1) is 16.3. The number of benzene rings is 2. The summed E-state index contributed by atoms with van der Waals surface area (Å²) in [6.45, 7) is 2.74. The smallest absolute Gasteiger partial charge is 0.124 e. The Hall–Kier alpha value is -1.07. The van der Waals surface area contributed by atoms with Crippen molar-refractivity contribution in [3.8, 4) is 5.75 Å². The van der Waals surface area contributed by atoms with E-state index in [1.807, 2.05) is 42.5 Å². The van der Waals surface area contributed by atoms with E-state index < -0.39 is 0 Å². The molecule has 2 aromatic carbocycles. The average molecular weight is 370 g/mol. The first-order valence-electron chi connectivity index (χ1n) is 6.80. The van der Waals surface area contributed by atoms with Gasteiger partial charge >= 0.3 is 0 Å². The van der Waals surface area contributed by atoms with Crippen LogP contribution in [0.5, 0.6) is 5.75 Å². The Morgan fingerprint density at radius 2 is 2.00 bits per heavy atom. The second-order valence-corrected chi connectivity index (χ2v) is 5.97. The van der Waals surface area contributed by atoms with E-state index in [0.29, 0.717) is 11.6 Å². The van der Waals surface area contributed by atoms with Gasteiger partial charge in [0.15, 0.2) is 0 Å². The van der Waals surface area contributed by atoms with E-state index in [1.54, 1.807) is 0 Å². The van der Waals surface area contributed by atoms with Crippen LogP contribution in [0.2, 0.25) is 5.02 Å². The van der Waals surface area contributed by atoms with Crippen molar-refractivity contribution in [3.05, 3.63) is 63.1 Å². The molecule has 112 valence electrons. The molecule has 0 bridgehead atoms. The van der Waals surface area contributed by atoms with Gasteiger partial charge in [-0.3, -0.25) is 5.84 Å². The van der Waals surface area contributed by atoms with Gasteiger partial charge < -0.3 is 4.74 Å². The van der Waals surface area contributed by atoms with E-state index >= 15 is 0 Å². The fraction of sp³-hybridized carbons (Fsp3) is 0.250. The van der Waals surface area contributed by atoms with E-state index in [9.17, 15) is 0 Å². The molecule has 2 aromatic rings. The molecule has 0 spiro atoms. The lowest BCUT2D eigenvalue weighted by molar-refractivity contribution is 0.311. The Balaban J connectivity index is 2.44. The highest BCUT2D eigenvalue weighted by Crippen LogP contribution is 2.34. The summed E-state index contributed by atoms with van der Waals surface area (Å²) in [7, 11) is 0. The summed E-state index contributed by atoms with van der Waals surface area (Å²) in [5.74, 6) is 6.59. The molecule has 0 radical (unpaired) electrons. The van der Waals surface area contributed by atoms with Crippen molar-refractivity contribution < 1.29 is 4.74 Å². The van der Waals surface area contributed by atoms with Gasteiger partial charge in [0.1, 0.15) is 5.75 Å². The summed E-state index contributed by atoms with van der Waals surface area (Å²) in [4.78, 5) is 0. The lowest BCUT2D eigenvalue weighted by atomic mass is 9.98. The molecule has 1 unspecified atom stereocenters. The molecule has 0 amide bonds. The van der Waals surface area contributed by atoms with Gasteiger partial charge in [-0.2, -0.15) is 0 Å². The van der Waals surface area contributed by atoms with Gasteiger partial charge in [0.25, 0.3) is 0 Å². The molecule has 1 atom stereocenters. The van der Waals surface area contributed by atoms with Crippen molar-refractivity contribution in [2.24, 2.45) is 5.84 Å². The highest BCUT2D eigenvalue weighted by molar-refractivity contribution is 9.10. The maximum absolute atomic E-state index is 6.32. The fourth-order valence-electron chi connectivity index (χ4n) is 2.15. The van der Waals surface area contributed by atoms with E-state index in [0.717, 1.165) is 27.8 Å². The summed E-state index contributed by atoms with van der Waals surface area (Å²) < 4.78 is 6.76. The van der Waals surface area contributed by atoms with Crippen molar-refractivity contribution in [3.63, 3.8) is 0 Å². The molecular weight excluding hydrogens is 352 g/mol. The Morgan fingerprint density at radius 3 is 2.71 bits per heavy atom. The zero-order valence-electron chi connectivity index (χ0n) is 11.8. The van der Waals surface area contributed by atoms with Crippen LogP contribution < -0.4 is 16.0 Å². The third-order valence-corrected chi connectivity index (χ3v) is 3.96. The molecule has 0 saturated heterocycles. The Kier molecular flexibility index (Phi) is 6.06. The highest BCUT2D eigenvalue weighted by Gasteiger charge is 2.19. The van der Waals surface area contributed by atoms with Crippen molar-refractivity contribution in [1.82, 2.24) is 5.43 Å². The van der Waals surface area contributed by atoms with Crippen LogP contribution in [0.15, 0.2) is 46.9 Å². The minimum absolute atomic E-state index is 0.233. The normalized spacial score (nSPS) is 12.2. The van der Waals surface area contributed by atoms with Crippen LogP contribution >= 0.6 is 27.5 Å². The summed E-state index contributed by atoms with van der Waals surface area (Å²) in [6, 6.07) is 13.3. The third kappa shape index (κ3) is 3.98. The lowest BCUT2D eigenvalue weighted by Crippen LogP contribution is -2.29. The summed E-state index contributed by atoms with van der Waals surface area (Å²) >= 11 is 9.79. The molecule has 2 rings (SSSR count). The second-order valence-electron chi connectivity index (χ2n) is 4.65. The number of rotatable bonds is 6. The number of nitrogens with one attached hydrogen (secondary N) is 1. The van der Waals surface area contributed by atoms with Gasteiger partial charge in [-0.05, 0) is 36.2 Å². The molecule has 0 fully saturated rings. The molecule has 0 aromatic heterocycles. The molecule has 3 nitrogen and oxygen atoms in total. The first-order chi connectivity index (χ1) is 10.2. The molecule has 5 heteroatoms. The minimum Gasteiger partial charge on any atom is -0.493 e. The van der Waals surface area contributed by atoms with E-state index in [2.05, 4.69) is 28.3 Å². The number of halogens is 2. The van der Waals surface area contributed by atoms with Gasteiger partial charge in [-0.1, -0.05) is 52.7 Å². The van der Waals surface area contributed by atoms with E-state index in [1.165, 1.54) is 0 Å². The van der Waals surface area contributed by atoms with Gasteiger partial charge in [-0.15, -0.1) is 0 Å². The first-order valence-corrected chi connectivity index (χ1v) is 7.97. The molecule has 3 N–H and O–H groups in total. The topological polar surface area (TPSA) is 47.3 Å². The van der Waals surface area contributed by atoms with Crippen molar-refractivity contribution in [2.45, 2.75) is 19.4 Å². The van der Waals surface area contributed by atoms with Crippen LogP contribution in [0.25, 0.3) is 0 Å². The largest absolute Gasteiger partial charge is 0.493 e. The molecule has 0 aliphatic rings. The molecule has 0 aliphatic heterocycles. The van der Waals surface area contributed by atoms with Gasteiger partial charge in [-0.25, -0.2) is 5.43 Å². The van der Waals surface area contributed by atoms with Gasteiger partial charge in [0.05, 0.1) is 12.6 Å². The van der Waals surface area contributed by atoms with Crippen LogP contribution in [-0.2, 0) is 0 Å². The Morgan fingerprint density at radius 1 is 1.24 bits per heavy atom. The molecule has 0 aliphatic carbocycles. The van der Waals surface area contributed by atoms with Crippen LogP contribution in [0.3, 0.4) is 0 Å². The average Bonchev–Trinajstić information content (AvgIpc) is 2.50. The maximum Gasteiger partial charge on any atom is 0.124 e. The second kappa shape index (κ2) is 7.80. The van der Waals surface area contributed by atoms with Crippen LogP contribution in [0.1, 0.15) is 30.5 Å². The third-order valence-electron chi connectivity index (χ3n) is 3.13. The highest BCUT2D eigenvalue weighted by atomic mass is 79.9. The summed E-state index contributed by atoms with van der Waals surface area (Å²) in [5, 5.41) is 0.659. The predicted molar refractivity (Wildman–Crippen MR) is 90.5 cm³/mol. The summed E-state index contributed by atoms with van der Waals surface area (Å²) in [6.07, 6.45) is 0.951. The zero-order valence-corrected chi connectivity index (χ0v) is 14.1. The lowest BCUT2D eigenvalue weighted by Gasteiger charge is -2.21. The molecular formula is C16H18BrClN2O. The van der Waals surface area contributed by atoms with Crippen molar-refractivity contribution in [1.29, 1.82) is 0 Å². The SMILES string of the molecule is CCCOc1ccccc1C(NN)c1cc(Br)ccc1Cl. The monoisotopic (exact) mass is 368 g/mol. The van der Waals surface area contributed by atoms with E-state index in [-0.39, 0.29) is 6.04 Å². The molecule has 21 heavy (non-hydrogen) atoms. The van der Waals surface area contributed by atoms with Crippen LogP contribution in [-0.4, -0.2) is 6.61 Å². The van der Waals surface area contributed by atoms with E-state index in [4.69, 9.17) is 22.2 Å². The maximum atomic E-state index is 6.32. The van der Waals surface area contributed by atoms with Gasteiger partial charge in [0, 0.05) is 15.1 Å². The minimum atomic E-state index is -0.233. The Bertz CT molecular complexity index is 607. The quantitative estimate of drug-likeness (QED) is 0.584. The van der Waals surface area contributed by atoms with Gasteiger partial charge in [0.2, 0.25) is 0 Å².